The van der Waals surface area contributed by atoms with E-state index in [4.69, 9.17) is 4.74 Å². The van der Waals surface area contributed by atoms with Crippen molar-refractivity contribution in [2.24, 2.45) is 5.92 Å². The summed E-state index contributed by atoms with van der Waals surface area (Å²) >= 11 is 0. The standard InChI is InChI=1S/C16H32N2O/c1-12(2)15-10-18(16(3,4)11-17-15)13-7-6-8-14(9-13)19-5/h12-15,17H,6-11H2,1-5H3. The predicted octanol–water partition coefficient (Wildman–Crippen LogP) is 2.65. The minimum atomic E-state index is 0.270. The molecule has 1 aliphatic carbocycles. The molecule has 0 aromatic rings. The molecule has 0 radical (unpaired) electrons. The van der Waals surface area contributed by atoms with Gasteiger partial charge < -0.3 is 10.1 Å². The molecule has 1 N–H and O–H groups in total. The molecular weight excluding hydrogens is 236 g/mol. The summed E-state index contributed by atoms with van der Waals surface area (Å²) in [5.74, 6) is 0.709. The lowest BCUT2D eigenvalue weighted by atomic mass is 9.85. The van der Waals surface area contributed by atoms with Crippen molar-refractivity contribution in [3.8, 4) is 0 Å². The number of methoxy groups -OCH3 is 1. The van der Waals surface area contributed by atoms with Crippen LogP contribution in [0.5, 0.6) is 0 Å². The second-order valence-electron chi connectivity index (χ2n) is 7.37. The maximum Gasteiger partial charge on any atom is 0.0586 e. The van der Waals surface area contributed by atoms with Gasteiger partial charge in [0.15, 0.2) is 0 Å². The largest absolute Gasteiger partial charge is 0.381 e. The number of nitrogens with one attached hydrogen (secondary N) is 1. The number of hydrogen-bond acceptors (Lipinski definition) is 3. The number of nitrogens with zero attached hydrogens (tertiary/aromatic N) is 1. The van der Waals surface area contributed by atoms with Crippen LogP contribution in [0.3, 0.4) is 0 Å². The van der Waals surface area contributed by atoms with E-state index in [2.05, 4.69) is 37.9 Å². The van der Waals surface area contributed by atoms with Crippen molar-refractivity contribution in [1.29, 1.82) is 0 Å². The Hall–Kier alpha value is -0.120. The van der Waals surface area contributed by atoms with E-state index in [-0.39, 0.29) is 5.54 Å². The van der Waals surface area contributed by atoms with E-state index < -0.39 is 0 Å². The molecule has 0 amide bonds. The van der Waals surface area contributed by atoms with Gasteiger partial charge in [-0.3, -0.25) is 4.90 Å². The fourth-order valence-corrected chi connectivity index (χ4v) is 3.71. The smallest absolute Gasteiger partial charge is 0.0586 e. The Balaban J connectivity index is 2.05. The average molecular weight is 268 g/mol. The van der Waals surface area contributed by atoms with Crippen LogP contribution >= 0.6 is 0 Å². The van der Waals surface area contributed by atoms with Gasteiger partial charge in [0.25, 0.3) is 0 Å². The molecule has 0 bridgehead atoms. The zero-order valence-corrected chi connectivity index (χ0v) is 13.4. The Labute approximate surface area is 119 Å². The highest BCUT2D eigenvalue weighted by Crippen LogP contribution is 2.32. The average Bonchev–Trinajstić information content (AvgIpc) is 2.38. The van der Waals surface area contributed by atoms with Crippen LogP contribution < -0.4 is 5.32 Å². The zero-order chi connectivity index (χ0) is 14.0. The Morgan fingerprint density at radius 1 is 1.26 bits per heavy atom. The molecule has 3 atom stereocenters. The second-order valence-corrected chi connectivity index (χ2v) is 7.37. The van der Waals surface area contributed by atoms with Gasteiger partial charge in [0.05, 0.1) is 6.10 Å². The molecule has 0 spiro atoms. The van der Waals surface area contributed by atoms with Crippen molar-refractivity contribution >= 4 is 0 Å². The maximum absolute atomic E-state index is 5.61. The van der Waals surface area contributed by atoms with E-state index in [1.54, 1.807) is 0 Å². The quantitative estimate of drug-likeness (QED) is 0.851. The Morgan fingerprint density at radius 2 is 2.00 bits per heavy atom. The highest BCUT2D eigenvalue weighted by atomic mass is 16.5. The first kappa shape index (κ1) is 15.3. The van der Waals surface area contributed by atoms with Crippen molar-refractivity contribution in [3.63, 3.8) is 0 Å². The maximum atomic E-state index is 5.61. The van der Waals surface area contributed by atoms with Crippen molar-refractivity contribution in [2.75, 3.05) is 20.2 Å². The van der Waals surface area contributed by atoms with E-state index in [1.165, 1.54) is 32.2 Å². The molecule has 1 aliphatic heterocycles. The van der Waals surface area contributed by atoms with Crippen molar-refractivity contribution < 1.29 is 4.74 Å². The molecule has 19 heavy (non-hydrogen) atoms. The molecule has 0 aromatic heterocycles. The molecular formula is C16H32N2O. The minimum absolute atomic E-state index is 0.270. The van der Waals surface area contributed by atoms with Gasteiger partial charge in [-0.1, -0.05) is 13.8 Å². The molecule has 1 saturated carbocycles. The minimum Gasteiger partial charge on any atom is -0.381 e. The summed E-state index contributed by atoms with van der Waals surface area (Å²) < 4.78 is 5.61. The summed E-state index contributed by atoms with van der Waals surface area (Å²) in [7, 11) is 1.87. The van der Waals surface area contributed by atoms with E-state index in [0.717, 1.165) is 6.54 Å². The molecule has 3 unspecified atom stereocenters. The second kappa shape index (κ2) is 6.11. The van der Waals surface area contributed by atoms with E-state index in [0.29, 0.717) is 24.1 Å². The summed E-state index contributed by atoms with van der Waals surface area (Å²) in [6, 6.07) is 1.34. The topological polar surface area (TPSA) is 24.5 Å². The fraction of sp³-hybridized carbons (Fsp3) is 1.00. The first-order chi connectivity index (χ1) is 8.94. The molecule has 1 saturated heterocycles. The van der Waals surface area contributed by atoms with Crippen LogP contribution in [0.1, 0.15) is 53.4 Å². The van der Waals surface area contributed by atoms with Gasteiger partial charge in [-0.25, -0.2) is 0 Å². The van der Waals surface area contributed by atoms with Crippen LogP contribution in [-0.4, -0.2) is 48.8 Å². The lowest BCUT2D eigenvalue weighted by Gasteiger charge is -2.52. The van der Waals surface area contributed by atoms with Crippen molar-refractivity contribution in [1.82, 2.24) is 10.2 Å². The van der Waals surface area contributed by atoms with Gasteiger partial charge in [0.1, 0.15) is 0 Å². The number of hydrogen-bond donors (Lipinski definition) is 1. The van der Waals surface area contributed by atoms with Gasteiger partial charge in [-0.05, 0) is 45.4 Å². The Kier molecular flexibility index (Phi) is 4.91. The lowest BCUT2D eigenvalue weighted by molar-refractivity contribution is -0.0315. The first-order valence-corrected chi connectivity index (χ1v) is 7.97. The summed E-state index contributed by atoms with van der Waals surface area (Å²) in [6.45, 7) is 11.7. The summed E-state index contributed by atoms with van der Waals surface area (Å²) in [6.07, 6.45) is 5.59. The number of rotatable bonds is 3. The molecule has 2 aliphatic rings. The monoisotopic (exact) mass is 268 g/mol. The fourth-order valence-electron chi connectivity index (χ4n) is 3.71. The van der Waals surface area contributed by atoms with Crippen molar-refractivity contribution in [2.45, 2.75) is 77.1 Å². The highest BCUT2D eigenvalue weighted by Gasteiger charge is 2.40. The van der Waals surface area contributed by atoms with E-state index >= 15 is 0 Å². The molecule has 2 fully saturated rings. The summed E-state index contributed by atoms with van der Waals surface area (Å²) in [4.78, 5) is 2.76. The van der Waals surface area contributed by atoms with E-state index in [9.17, 15) is 0 Å². The van der Waals surface area contributed by atoms with Crippen LogP contribution in [0.25, 0.3) is 0 Å². The molecule has 2 rings (SSSR count). The van der Waals surface area contributed by atoms with Crippen LogP contribution in [0.2, 0.25) is 0 Å². The number of piperazine rings is 1. The molecule has 0 aromatic carbocycles. The van der Waals surface area contributed by atoms with Crippen LogP contribution in [0.4, 0.5) is 0 Å². The van der Waals surface area contributed by atoms with Gasteiger partial charge in [-0.2, -0.15) is 0 Å². The van der Waals surface area contributed by atoms with Crippen molar-refractivity contribution in [3.05, 3.63) is 0 Å². The summed E-state index contributed by atoms with van der Waals surface area (Å²) in [5, 5.41) is 3.73. The van der Waals surface area contributed by atoms with Crippen LogP contribution in [-0.2, 0) is 4.74 Å². The van der Waals surface area contributed by atoms with Crippen LogP contribution in [0.15, 0.2) is 0 Å². The number of ether oxygens (including phenoxy) is 1. The zero-order valence-electron chi connectivity index (χ0n) is 13.4. The Morgan fingerprint density at radius 3 is 2.63 bits per heavy atom. The predicted molar refractivity (Wildman–Crippen MR) is 80.5 cm³/mol. The van der Waals surface area contributed by atoms with E-state index in [1.807, 2.05) is 7.11 Å². The Bertz CT molecular complexity index is 290. The van der Waals surface area contributed by atoms with Gasteiger partial charge >= 0.3 is 0 Å². The lowest BCUT2D eigenvalue weighted by Crippen LogP contribution is -2.66. The highest BCUT2D eigenvalue weighted by molar-refractivity contribution is 4.98. The molecule has 3 nitrogen and oxygen atoms in total. The van der Waals surface area contributed by atoms with Gasteiger partial charge in [0, 0.05) is 37.8 Å². The third kappa shape index (κ3) is 3.50. The normalized spacial score (nSPS) is 36.6. The third-order valence-electron chi connectivity index (χ3n) is 5.15. The van der Waals surface area contributed by atoms with Gasteiger partial charge in [-0.15, -0.1) is 0 Å². The van der Waals surface area contributed by atoms with Gasteiger partial charge in [0.2, 0.25) is 0 Å². The molecule has 3 heteroatoms. The third-order valence-corrected chi connectivity index (χ3v) is 5.15. The SMILES string of the molecule is COC1CCCC(N2CC(C(C)C)NCC2(C)C)C1. The summed E-state index contributed by atoms with van der Waals surface area (Å²) in [5.41, 5.74) is 0.270. The molecule has 1 heterocycles. The first-order valence-electron chi connectivity index (χ1n) is 7.97. The molecule has 112 valence electrons. The van der Waals surface area contributed by atoms with Crippen LogP contribution in [0, 0.1) is 5.92 Å².